The summed E-state index contributed by atoms with van der Waals surface area (Å²) >= 11 is 0. The van der Waals surface area contributed by atoms with Crippen LogP contribution in [-0.2, 0) is 22.4 Å². The maximum atomic E-state index is 12.8. The Morgan fingerprint density at radius 1 is 1.13 bits per heavy atom. The minimum absolute atomic E-state index is 0.130. The first-order valence-electron chi connectivity index (χ1n) is 8.58. The van der Waals surface area contributed by atoms with Gasteiger partial charge in [0, 0.05) is 6.04 Å². The molecule has 124 valence electrons. The van der Waals surface area contributed by atoms with E-state index in [1.165, 1.54) is 11.1 Å². The highest BCUT2D eigenvalue weighted by Crippen LogP contribution is 2.36. The van der Waals surface area contributed by atoms with Crippen LogP contribution in [0.1, 0.15) is 50.2 Å². The molecule has 2 aliphatic rings. The largest absolute Gasteiger partial charge is 0.481 e. The Balaban J connectivity index is 1.60. The number of carbonyl (C=O) groups is 2. The Kier molecular flexibility index (Phi) is 4.42. The van der Waals surface area contributed by atoms with Crippen LogP contribution in [0.5, 0.6) is 0 Å². The number of nitrogens with one attached hydrogen (secondary N) is 1. The lowest BCUT2D eigenvalue weighted by Gasteiger charge is -2.36. The first-order chi connectivity index (χ1) is 11.0. The van der Waals surface area contributed by atoms with Gasteiger partial charge in [0.05, 0.1) is 11.3 Å². The summed E-state index contributed by atoms with van der Waals surface area (Å²) in [7, 11) is 0. The Morgan fingerprint density at radius 2 is 1.78 bits per heavy atom. The second kappa shape index (κ2) is 6.34. The molecular formula is C19H25NO3. The number of carboxylic acid groups (broad SMARTS) is 1. The van der Waals surface area contributed by atoms with Crippen molar-refractivity contribution in [2.24, 2.45) is 11.3 Å². The molecule has 2 N–H and O–H groups in total. The third-order valence-corrected chi connectivity index (χ3v) is 5.60. The van der Waals surface area contributed by atoms with Gasteiger partial charge in [0.15, 0.2) is 0 Å². The highest BCUT2D eigenvalue weighted by atomic mass is 16.4. The van der Waals surface area contributed by atoms with Gasteiger partial charge in [-0.25, -0.2) is 0 Å². The summed E-state index contributed by atoms with van der Waals surface area (Å²) in [5.41, 5.74) is 2.29. The van der Waals surface area contributed by atoms with Gasteiger partial charge in [0.1, 0.15) is 0 Å². The Bertz CT molecular complexity index is 604. The molecule has 4 heteroatoms. The summed E-state index contributed by atoms with van der Waals surface area (Å²) in [6.45, 7) is 2.06. The van der Waals surface area contributed by atoms with Gasteiger partial charge in [0.25, 0.3) is 0 Å². The predicted molar refractivity (Wildman–Crippen MR) is 88.1 cm³/mol. The van der Waals surface area contributed by atoms with Crippen molar-refractivity contribution in [3.05, 3.63) is 35.4 Å². The van der Waals surface area contributed by atoms with Gasteiger partial charge < -0.3 is 10.4 Å². The fourth-order valence-electron chi connectivity index (χ4n) is 3.93. The van der Waals surface area contributed by atoms with Crippen molar-refractivity contribution < 1.29 is 14.7 Å². The average molecular weight is 315 g/mol. The number of hydrogen-bond donors (Lipinski definition) is 2. The molecule has 0 aromatic heterocycles. The van der Waals surface area contributed by atoms with Crippen molar-refractivity contribution in [2.75, 3.05) is 0 Å². The quantitative estimate of drug-likeness (QED) is 0.901. The molecule has 1 atom stereocenters. The molecule has 0 heterocycles. The number of aliphatic carboxylic acids is 1. The van der Waals surface area contributed by atoms with E-state index >= 15 is 0 Å². The molecule has 1 aromatic rings. The van der Waals surface area contributed by atoms with Gasteiger partial charge in [-0.2, -0.15) is 0 Å². The number of fused-ring (bicyclic) bond motifs is 1. The maximum Gasteiger partial charge on any atom is 0.306 e. The lowest BCUT2D eigenvalue weighted by molar-refractivity contribution is -0.142. The highest BCUT2D eigenvalue weighted by Gasteiger charge is 2.38. The van der Waals surface area contributed by atoms with E-state index in [0.29, 0.717) is 12.8 Å². The first-order valence-corrected chi connectivity index (χ1v) is 8.58. The SMILES string of the molecule is CC1(C(=O)NC2CCC(C(=O)O)CC2)CCc2ccccc2C1. The number of amides is 1. The molecule has 0 spiro atoms. The summed E-state index contributed by atoms with van der Waals surface area (Å²) in [6, 6.07) is 8.50. The first kappa shape index (κ1) is 16.0. The normalized spacial score (nSPS) is 30.3. The third-order valence-electron chi connectivity index (χ3n) is 5.60. The van der Waals surface area contributed by atoms with E-state index in [1.54, 1.807) is 0 Å². The van der Waals surface area contributed by atoms with Gasteiger partial charge in [-0.1, -0.05) is 31.2 Å². The highest BCUT2D eigenvalue weighted by molar-refractivity contribution is 5.83. The monoisotopic (exact) mass is 315 g/mol. The molecule has 23 heavy (non-hydrogen) atoms. The maximum absolute atomic E-state index is 12.8. The molecule has 1 saturated carbocycles. The van der Waals surface area contributed by atoms with Gasteiger partial charge in [-0.3, -0.25) is 9.59 Å². The molecule has 1 fully saturated rings. The van der Waals surface area contributed by atoms with E-state index in [0.717, 1.165) is 32.1 Å². The van der Waals surface area contributed by atoms with Crippen LogP contribution in [0, 0.1) is 11.3 Å². The van der Waals surface area contributed by atoms with Crippen LogP contribution < -0.4 is 5.32 Å². The van der Waals surface area contributed by atoms with E-state index in [2.05, 4.69) is 30.4 Å². The van der Waals surface area contributed by atoms with Crippen LogP contribution in [0.2, 0.25) is 0 Å². The Morgan fingerprint density at radius 3 is 2.43 bits per heavy atom. The number of carboxylic acids is 1. The van der Waals surface area contributed by atoms with Crippen LogP contribution >= 0.6 is 0 Å². The Hall–Kier alpha value is -1.84. The van der Waals surface area contributed by atoms with Gasteiger partial charge in [-0.05, 0) is 56.1 Å². The number of hydrogen-bond acceptors (Lipinski definition) is 2. The van der Waals surface area contributed by atoms with Crippen molar-refractivity contribution in [1.29, 1.82) is 0 Å². The van der Waals surface area contributed by atoms with E-state index in [-0.39, 0.29) is 23.3 Å². The topological polar surface area (TPSA) is 66.4 Å². The number of aryl methyl sites for hydroxylation is 1. The van der Waals surface area contributed by atoms with Crippen LogP contribution in [-0.4, -0.2) is 23.0 Å². The van der Waals surface area contributed by atoms with Crippen LogP contribution in [0.25, 0.3) is 0 Å². The van der Waals surface area contributed by atoms with Crippen molar-refractivity contribution in [3.63, 3.8) is 0 Å². The summed E-state index contributed by atoms with van der Waals surface area (Å²) in [5, 5.41) is 12.2. The summed E-state index contributed by atoms with van der Waals surface area (Å²) in [5.74, 6) is -0.809. The van der Waals surface area contributed by atoms with Crippen LogP contribution in [0.4, 0.5) is 0 Å². The fourth-order valence-corrected chi connectivity index (χ4v) is 3.93. The lowest BCUT2D eigenvalue weighted by atomic mass is 9.72. The standard InChI is InChI=1S/C19H25NO3/c1-19(11-10-13-4-2-3-5-15(13)12-19)18(23)20-16-8-6-14(7-9-16)17(21)22/h2-5,14,16H,6-12H2,1H3,(H,20,23)(H,21,22). The zero-order valence-electron chi connectivity index (χ0n) is 13.7. The molecule has 0 saturated heterocycles. The average Bonchev–Trinajstić information content (AvgIpc) is 2.55. The van der Waals surface area contributed by atoms with Crippen molar-refractivity contribution in [1.82, 2.24) is 5.32 Å². The van der Waals surface area contributed by atoms with Crippen LogP contribution in [0.3, 0.4) is 0 Å². The zero-order valence-corrected chi connectivity index (χ0v) is 13.7. The van der Waals surface area contributed by atoms with E-state index in [4.69, 9.17) is 5.11 Å². The number of benzene rings is 1. The van der Waals surface area contributed by atoms with Crippen molar-refractivity contribution in [3.8, 4) is 0 Å². The summed E-state index contributed by atoms with van der Waals surface area (Å²) in [4.78, 5) is 23.8. The molecule has 1 amide bonds. The molecular weight excluding hydrogens is 290 g/mol. The van der Waals surface area contributed by atoms with Gasteiger partial charge >= 0.3 is 5.97 Å². The minimum atomic E-state index is -0.703. The molecule has 4 nitrogen and oxygen atoms in total. The second-order valence-electron chi connectivity index (χ2n) is 7.37. The summed E-state index contributed by atoms with van der Waals surface area (Å²) in [6.07, 6.45) is 5.50. The van der Waals surface area contributed by atoms with Gasteiger partial charge in [-0.15, -0.1) is 0 Å². The molecule has 3 rings (SSSR count). The molecule has 1 aromatic carbocycles. The van der Waals surface area contributed by atoms with E-state index in [9.17, 15) is 9.59 Å². The smallest absolute Gasteiger partial charge is 0.306 e. The van der Waals surface area contributed by atoms with Crippen molar-refractivity contribution >= 4 is 11.9 Å². The predicted octanol–water partition coefficient (Wildman–Crippen LogP) is 2.94. The Labute approximate surface area is 137 Å². The van der Waals surface area contributed by atoms with Crippen LogP contribution in [0.15, 0.2) is 24.3 Å². The summed E-state index contributed by atoms with van der Waals surface area (Å²) < 4.78 is 0. The van der Waals surface area contributed by atoms with E-state index < -0.39 is 5.97 Å². The minimum Gasteiger partial charge on any atom is -0.481 e. The lowest BCUT2D eigenvalue weighted by Crippen LogP contribution is -2.48. The second-order valence-corrected chi connectivity index (χ2v) is 7.37. The molecule has 0 aliphatic heterocycles. The van der Waals surface area contributed by atoms with Gasteiger partial charge in [0.2, 0.25) is 5.91 Å². The zero-order chi connectivity index (χ0) is 16.4. The number of carbonyl (C=O) groups excluding carboxylic acids is 1. The molecule has 0 radical (unpaired) electrons. The third kappa shape index (κ3) is 3.41. The molecule has 2 aliphatic carbocycles. The number of rotatable bonds is 3. The fraction of sp³-hybridized carbons (Fsp3) is 0.579. The molecule has 1 unspecified atom stereocenters. The molecule has 0 bridgehead atoms. The van der Waals surface area contributed by atoms with Crippen molar-refractivity contribution in [2.45, 2.75) is 57.9 Å². The van der Waals surface area contributed by atoms with E-state index in [1.807, 2.05) is 6.07 Å².